The van der Waals surface area contributed by atoms with Gasteiger partial charge in [0.15, 0.2) is 0 Å². The molecule has 1 aromatic heterocycles. The number of aromatic nitrogens is 1. The van der Waals surface area contributed by atoms with Crippen LogP contribution in [0.25, 0.3) is 0 Å². The van der Waals surface area contributed by atoms with Crippen LogP contribution in [0.15, 0.2) is 22.8 Å². The van der Waals surface area contributed by atoms with Gasteiger partial charge in [0, 0.05) is 34.9 Å². The molecule has 3 N–H and O–H groups in total. The normalized spacial score (nSPS) is 14.9. The van der Waals surface area contributed by atoms with E-state index in [9.17, 15) is 0 Å². The first-order chi connectivity index (χ1) is 7.19. The van der Waals surface area contributed by atoms with E-state index in [4.69, 9.17) is 10.8 Å². The first-order valence-corrected chi connectivity index (χ1v) is 5.96. The summed E-state index contributed by atoms with van der Waals surface area (Å²) < 4.78 is 0.957. The number of aliphatic hydroxyl groups excluding tert-OH is 1. The van der Waals surface area contributed by atoms with Crippen LogP contribution in [0.2, 0.25) is 0 Å². The molecule has 0 saturated carbocycles. The van der Waals surface area contributed by atoms with E-state index >= 15 is 0 Å². The van der Waals surface area contributed by atoms with Crippen molar-refractivity contribution >= 4 is 15.9 Å². The first kappa shape index (κ1) is 12.6. The van der Waals surface area contributed by atoms with Crippen molar-refractivity contribution in [2.45, 2.75) is 31.7 Å². The molecule has 2 unspecified atom stereocenters. The second kappa shape index (κ2) is 6.20. The molecule has 15 heavy (non-hydrogen) atoms. The van der Waals surface area contributed by atoms with Gasteiger partial charge in [0.1, 0.15) is 0 Å². The zero-order valence-corrected chi connectivity index (χ0v) is 10.4. The molecule has 1 aromatic rings. The van der Waals surface area contributed by atoms with Crippen molar-refractivity contribution in [2.24, 2.45) is 5.73 Å². The maximum Gasteiger partial charge on any atom is 0.0451 e. The summed E-state index contributed by atoms with van der Waals surface area (Å²) in [5.41, 5.74) is 6.97. The van der Waals surface area contributed by atoms with Gasteiger partial charge in [0.05, 0.1) is 0 Å². The van der Waals surface area contributed by atoms with Gasteiger partial charge in [0.2, 0.25) is 0 Å². The minimum atomic E-state index is 0.0609. The van der Waals surface area contributed by atoms with Gasteiger partial charge < -0.3 is 10.8 Å². The Labute approximate surface area is 98.8 Å². The van der Waals surface area contributed by atoms with Crippen molar-refractivity contribution in [3.63, 3.8) is 0 Å². The minimum Gasteiger partial charge on any atom is -0.396 e. The number of pyridine rings is 1. The van der Waals surface area contributed by atoms with Gasteiger partial charge in [-0.05, 0) is 40.9 Å². The van der Waals surface area contributed by atoms with Crippen LogP contribution in [0.1, 0.15) is 31.4 Å². The molecule has 1 rings (SSSR count). The monoisotopic (exact) mass is 272 g/mol. The Morgan fingerprint density at radius 2 is 2.27 bits per heavy atom. The van der Waals surface area contributed by atoms with Crippen LogP contribution in [0.3, 0.4) is 0 Å². The van der Waals surface area contributed by atoms with Crippen molar-refractivity contribution in [3.8, 4) is 0 Å². The SMILES string of the molecule is CCC(N)C(CCO)c1ccc(Br)cn1. The molecule has 2 atom stereocenters. The molecule has 0 saturated heterocycles. The smallest absolute Gasteiger partial charge is 0.0451 e. The number of hydrogen-bond acceptors (Lipinski definition) is 3. The molecule has 4 heteroatoms. The van der Waals surface area contributed by atoms with Crippen molar-refractivity contribution < 1.29 is 5.11 Å². The lowest BCUT2D eigenvalue weighted by atomic mass is 9.91. The second-order valence-corrected chi connectivity index (χ2v) is 4.51. The average Bonchev–Trinajstić information content (AvgIpc) is 2.26. The highest BCUT2D eigenvalue weighted by atomic mass is 79.9. The number of hydrogen-bond donors (Lipinski definition) is 2. The lowest BCUT2D eigenvalue weighted by Crippen LogP contribution is -2.28. The van der Waals surface area contributed by atoms with Gasteiger partial charge in [0.25, 0.3) is 0 Å². The third-order valence-corrected chi connectivity index (χ3v) is 3.03. The van der Waals surface area contributed by atoms with Crippen molar-refractivity contribution in [1.29, 1.82) is 0 Å². The Morgan fingerprint density at radius 1 is 1.53 bits per heavy atom. The number of rotatable bonds is 5. The number of halogens is 1. The van der Waals surface area contributed by atoms with E-state index in [1.807, 2.05) is 19.1 Å². The topological polar surface area (TPSA) is 59.1 Å². The van der Waals surface area contributed by atoms with Crippen LogP contribution < -0.4 is 5.73 Å². The Bertz CT molecular complexity index is 289. The maximum absolute atomic E-state index is 9.00. The van der Waals surface area contributed by atoms with Crippen molar-refractivity contribution in [3.05, 3.63) is 28.5 Å². The molecule has 3 nitrogen and oxygen atoms in total. The van der Waals surface area contributed by atoms with Gasteiger partial charge in [-0.25, -0.2) is 0 Å². The fraction of sp³-hybridized carbons (Fsp3) is 0.545. The molecular weight excluding hydrogens is 256 g/mol. The second-order valence-electron chi connectivity index (χ2n) is 3.59. The summed E-state index contributed by atoms with van der Waals surface area (Å²) >= 11 is 3.34. The van der Waals surface area contributed by atoms with Gasteiger partial charge in [-0.2, -0.15) is 0 Å². The maximum atomic E-state index is 9.00. The summed E-state index contributed by atoms with van der Waals surface area (Å²) in [5, 5.41) is 9.00. The molecule has 0 radical (unpaired) electrons. The predicted octanol–water partition coefficient (Wildman–Crippen LogP) is 2.05. The number of aliphatic hydroxyl groups is 1. The molecule has 84 valence electrons. The Balaban J connectivity index is 2.83. The average molecular weight is 273 g/mol. The van der Waals surface area contributed by atoms with Crippen molar-refractivity contribution in [2.75, 3.05) is 6.61 Å². The summed E-state index contributed by atoms with van der Waals surface area (Å²) in [6.07, 6.45) is 3.33. The van der Waals surface area contributed by atoms with E-state index in [0.29, 0.717) is 6.42 Å². The van der Waals surface area contributed by atoms with Crippen LogP contribution in [-0.4, -0.2) is 22.7 Å². The summed E-state index contributed by atoms with van der Waals surface area (Å²) in [5.74, 6) is 0.146. The number of nitrogens with zero attached hydrogens (tertiary/aromatic N) is 1. The lowest BCUT2D eigenvalue weighted by molar-refractivity contribution is 0.265. The quantitative estimate of drug-likeness (QED) is 0.863. The zero-order valence-electron chi connectivity index (χ0n) is 8.86. The van der Waals surface area contributed by atoms with Crippen LogP contribution in [-0.2, 0) is 0 Å². The fourth-order valence-electron chi connectivity index (χ4n) is 1.61. The van der Waals surface area contributed by atoms with Crippen molar-refractivity contribution in [1.82, 2.24) is 4.98 Å². The molecule has 0 amide bonds. The highest BCUT2D eigenvalue weighted by Gasteiger charge is 2.18. The molecule has 0 aliphatic rings. The minimum absolute atomic E-state index is 0.0609. The van der Waals surface area contributed by atoms with Crippen LogP contribution in [0, 0.1) is 0 Å². The highest BCUT2D eigenvalue weighted by molar-refractivity contribution is 9.10. The highest BCUT2D eigenvalue weighted by Crippen LogP contribution is 2.23. The van der Waals surface area contributed by atoms with Gasteiger partial charge in [-0.15, -0.1) is 0 Å². The van der Waals surface area contributed by atoms with E-state index in [1.54, 1.807) is 6.20 Å². The molecule has 0 aliphatic heterocycles. The van der Waals surface area contributed by atoms with E-state index in [0.717, 1.165) is 16.6 Å². The third kappa shape index (κ3) is 3.55. The summed E-state index contributed by atoms with van der Waals surface area (Å²) in [7, 11) is 0. The molecule has 0 bridgehead atoms. The van der Waals surface area contributed by atoms with E-state index < -0.39 is 0 Å². The predicted molar refractivity (Wildman–Crippen MR) is 64.6 cm³/mol. The Hall–Kier alpha value is -0.450. The summed E-state index contributed by atoms with van der Waals surface area (Å²) in [6.45, 7) is 2.20. The van der Waals surface area contributed by atoms with E-state index in [-0.39, 0.29) is 18.6 Å². The molecular formula is C11H17BrN2O. The first-order valence-electron chi connectivity index (χ1n) is 5.17. The van der Waals surface area contributed by atoms with E-state index in [1.165, 1.54) is 0 Å². The summed E-state index contributed by atoms with van der Waals surface area (Å²) in [4.78, 5) is 4.33. The third-order valence-electron chi connectivity index (χ3n) is 2.56. The molecule has 0 aromatic carbocycles. The van der Waals surface area contributed by atoms with Gasteiger partial charge in [-0.3, -0.25) is 4.98 Å². The molecule has 1 heterocycles. The standard InChI is InChI=1S/C11H17BrN2O/c1-2-10(13)9(5-6-15)11-4-3-8(12)7-14-11/h3-4,7,9-10,15H,2,5-6,13H2,1H3. The molecule has 0 aliphatic carbocycles. The van der Waals surface area contributed by atoms with E-state index in [2.05, 4.69) is 20.9 Å². The van der Waals surface area contributed by atoms with Crippen LogP contribution >= 0.6 is 15.9 Å². The van der Waals surface area contributed by atoms with Gasteiger partial charge in [-0.1, -0.05) is 6.92 Å². The molecule has 0 spiro atoms. The fourth-order valence-corrected chi connectivity index (χ4v) is 1.85. The largest absolute Gasteiger partial charge is 0.396 e. The lowest BCUT2D eigenvalue weighted by Gasteiger charge is -2.21. The zero-order chi connectivity index (χ0) is 11.3. The molecule has 0 fully saturated rings. The summed E-state index contributed by atoms with van der Waals surface area (Å²) in [6, 6.07) is 3.97. The Kier molecular flexibility index (Phi) is 5.22. The Morgan fingerprint density at radius 3 is 2.73 bits per heavy atom. The van der Waals surface area contributed by atoms with Crippen LogP contribution in [0.4, 0.5) is 0 Å². The number of nitrogens with two attached hydrogens (primary N) is 1. The van der Waals surface area contributed by atoms with Gasteiger partial charge >= 0.3 is 0 Å². The van der Waals surface area contributed by atoms with Crippen LogP contribution in [0.5, 0.6) is 0 Å².